The van der Waals surface area contributed by atoms with Gasteiger partial charge in [0.05, 0.1) is 0 Å². The van der Waals surface area contributed by atoms with Crippen LogP contribution in [0, 0.1) is 5.82 Å². The number of aliphatic imine (C=N–C) groups is 1. The molecule has 1 unspecified atom stereocenters. The van der Waals surface area contributed by atoms with Gasteiger partial charge in [0.15, 0.2) is 5.96 Å². The lowest BCUT2D eigenvalue weighted by molar-refractivity contribution is 0.168. The number of anilines is 1. The van der Waals surface area contributed by atoms with Crippen molar-refractivity contribution in [3.05, 3.63) is 30.1 Å². The number of likely N-dealkylation sites (tertiary alicyclic amines) is 1. The van der Waals surface area contributed by atoms with Crippen LogP contribution in [0.2, 0.25) is 0 Å². The van der Waals surface area contributed by atoms with Gasteiger partial charge in [-0.25, -0.2) is 4.39 Å². The zero-order valence-corrected chi connectivity index (χ0v) is 15.9. The molecule has 2 saturated heterocycles. The molecule has 0 amide bonds. The normalized spacial score (nSPS) is 21.1. The number of piperazine rings is 1. The van der Waals surface area contributed by atoms with E-state index < -0.39 is 0 Å². The standard InChI is InChI=1S/C20H32FN5/c1-17(24-11-3-2-4-12-24)9-10-23-20(22)26-15-13-25(14-16-26)19-7-5-18(21)6-8-19/h5-8,17H,2-4,9-16H2,1H3,(H2,22,23). The summed E-state index contributed by atoms with van der Waals surface area (Å²) in [6, 6.07) is 7.29. The number of hydrogen-bond donors (Lipinski definition) is 1. The number of halogens is 1. The minimum atomic E-state index is -0.192. The molecule has 1 aromatic rings. The monoisotopic (exact) mass is 361 g/mol. The highest BCUT2D eigenvalue weighted by molar-refractivity contribution is 5.78. The number of benzene rings is 1. The van der Waals surface area contributed by atoms with E-state index in [0.29, 0.717) is 12.0 Å². The molecule has 3 rings (SSSR count). The highest BCUT2D eigenvalue weighted by Crippen LogP contribution is 2.17. The van der Waals surface area contributed by atoms with Gasteiger partial charge in [-0.1, -0.05) is 6.42 Å². The van der Waals surface area contributed by atoms with Gasteiger partial charge < -0.3 is 20.4 Å². The Morgan fingerprint density at radius 2 is 1.69 bits per heavy atom. The van der Waals surface area contributed by atoms with Gasteiger partial charge in [-0.05, 0) is 63.5 Å². The van der Waals surface area contributed by atoms with E-state index in [1.54, 1.807) is 0 Å². The van der Waals surface area contributed by atoms with Crippen molar-refractivity contribution >= 4 is 11.6 Å². The van der Waals surface area contributed by atoms with Crippen LogP contribution in [-0.2, 0) is 0 Å². The number of rotatable bonds is 5. The van der Waals surface area contributed by atoms with Gasteiger partial charge in [0.1, 0.15) is 5.82 Å². The summed E-state index contributed by atoms with van der Waals surface area (Å²) in [6.45, 7) is 9.03. The fraction of sp³-hybridized carbons (Fsp3) is 0.650. The van der Waals surface area contributed by atoms with Crippen molar-refractivity contribution in [3.63, 3.8) is 0 Å². The van der Waals surface area contributed by atoms with Crippen molar-refractivity contribution < 1.29 is 4.39 Å². The molecule has 2 N–H and O–H groups in total. The maximum Gasteiger partial charge on any atom is 0.191 e. The second kappa shape index (κ2) is 9.21. The molecule has 1 aromatic carbocycles. The number of piperidine rings is 1. The smallest absolute Gasteiger partial charge is 0.191 e. The predicted octanol–water partition coefficient (Wildman–Crippen LogP) is 2.53. The molecule has 2 aliphatic heterocycles. The summed E-state index contributed by atoms with van der Waals surface area (Å²) in [7, 11) is 0. The minimum Gasteiger partial charge on any atom is -0.370 e. The lowest BCUT2D eigenvalue weighted by Crippen LogP contribution is -2.51. The maximum absolute atomic E-state index is 13.1. The number of nitrogens with two attached hydrogens (primary N) is 1. The third-order valence-corrected chi connectivity index (χ3v) is 5.63. The molecule has 2 fully saturated rings. The third kappa shape index (κ3) is 5.10. The summed E-state index contributed by atoms with van der Waals surface area (Å²) < 4.78 is 13.1. The molecule has 1 atom stereocenters. The molecular weight excluding hydrogens is 329 g/mol. The zero-order chi connectivity index (χ0) is 18.4. The molecule has 144 valence electrons. The van der Waals surface area contributed by atoms with Gasteiger partial charge in [0.2, 0.25) is 0 Å². The van der Waals surface area contributed by atoms with Crippen LogP contribution < -0.4 is 10.6 Å². The van der Waals surface area contributed by atoms with Crippen molar-refractivity contribution in [3.8, 4) is 0 Å². The van der Waals surface area contributed by atoms with E-state index in [2.05, 4.69) is 26.6 Å². The average Bonchev–Trinajstić information content (AvgIpc) is 2.69. The lowest BCUT2D eigenvalue weighted by Gasteiger charge is -2.36. The molecule has 2 heterocycles. The van der Waals surface area contributed by atoms with Gasteiger partial charge >= 0.3 is 0 Å². The zero-order valence-electron chi connectivity index (χ0n) is 15.9. The fourth-order valence-corrected chi connectivity index (χ4v) is 3.85. The van der Waals surface area contributed by atoms with Crippen LogP contribution in [0.3, 0.4) is 0 Å². The van der Waals surface area contributed by atoms with E-state index in [9.17, 15) is 4.39 Å². The van der Waals surface area contributed by atoms with Crippen LogP contribution in [0.4, 0.5) is 10.1 Å². The van der Waals surface area contributed by atoms with Crippen molar-refractivity contribution in [1.82, 2.24) is 9.80 Å². The van der Waals surface area contributed by atoms with Crippen LogP contribution in [0.5, 0.6) is 0 Å². The number of guanidine groups is 1. The first-order chi connectivity index (χ1) is 12.6. The van der Waals surface area contributed by atoms with Crippen LogP contribution >= 0.6 is 0 Å². The maximum atomic E-state index is 13.1. The Morgan fingerprint density at radius 3 is 2.35 bits per heavy atom. The van der Waals surface area contributed by atoms with E-state index in [0.717, 1.165) is 44.8 Å². The molecule has 2 aliphatic rings. The fourth-order valence-electron chi connectivity index (χ4n) is 3.85. The molecule has 0 spiro atoms. The third-order valence-electron chi connectivity index (χ3n) is 5.63. The van der Waals surface area contributed by atoms with Gasteiger partial charge in [-0.2, -0.15) is 0 Å². The molecular formula is C20H32FN5. The molecule has 0 bridgehead atoms. The van der Waals surface area contributed by atoms with Crippen molar-refractivity contribution in [2.24, 2.45) is 10.7 Å². The Balaban J connectivity index is 1.41. The SMILES string of the molecule is CC(CCN=C(N)N1CCN(c2ccc(F)cc2)CC1)N1CCCCC1. The summed E-state index contributed by atoms with van der Waals surface area (Å²) in [5.74, 6) is 0.470. The first kappa shape index (κ1) is 19.0. The molecule has 5 nitrogen and oxygen atoms in total. The molecule has 0 aromatic heterocycles. The highest BCUT2D eigenvalue weighted by atomic mass is 19.1. The summed E-state index contributed by atoms with van der Waals surface area (Å²) in [4.78, 5) is 11.6. The van der Waals surface area contributed by atoms with E-state index in [1.807, 2.05) is 12.1 Å². The first-order valence-electron chi connectivity index (χ1n) is 9.93. The topological polar surface area (TPSA) is 48.1 Å². The minimum absolute atomic E-state index is 0.192. The number of hydrogen-bond acceptors (Lipinski definition) is 3. The molecule has 0 radical (unpaired) electrons. The Kier molecular flexibility index (Phi) is 6.72. The van der Waals surface area contributed by atoms with E-state index in [1.165, 1.54) is 44.5 Å². The van der Waals surface area contributed by atoms with E-state index in [-0.39, 0.29) is 5.82 Å². The highest BCUT2D eigenvalue weighted by Gasteiger charge is 2.19. The molecule has 0 aliphatic carbocycles. The summed E-state index contributed by atoms with van der Waals surface area (Å²) in [6.07, 6.45) is 5.09. The van der Waals surface area contributed by atoms with Crippen molar-refractivity contribution in [2.45, 2.75) is 38.6 Å². The van der Waals surface area contributed by atoms with Crippen molar-refractivity contribution in [2.75, 3.05) is 50.7 Å². The average molecular weight is 362 g/mol. The van der Waals surface area contributed by atoms with Crippen LogP contribution in [0.15, 0.2) is 29.3 Å². The second-order valence-electron chi connectivity index (χ2n) is 7.42. The van der Waals surface area contributed by atoms with Gasteiger partial charge in [0, 0.05) is 44.5 Å². The summed E-state index contributed by atoms with van der Waals surface area (Å²) in [5, 5.41) is 0. The first-order valence-corrected chi connectivity index (χ1v) is 9.93. The molecule has 6 heteroatoms. The Hall–Kier alpha value is -1.82. The van der Waals surface area contributed by atoms with Crippen LogP contribution in [0.25, 0.3) is 0 Å². The second-order valence-corrected chi connectivity index (χ2v) is 7.42. The Bertz CT molecular complexity index is 574. The van der Waals surface area contributed by atoms with E-state index in [4.69, 9.17) is 5.73 Å². The van der Waals surface area contributed by atoms with Gasteiger partial charge in [0.25, 0.3) is 0 Å². The van der Waals surface area contributed by atoms with Crippen LogP contribution in [-0.4, -0.2) is 67.6 Å². The Morgan fingerprint density at radius 1 is 1.04 bits per heavy atom. The van der Waals surface area contributed by atoms with Crippen molar-refractivity contribution in [1.29, 1.82) is 0 Å². The number of nitrogens with zero attached hydrogens (tertiary/aromatic N) is 4. The predicted molar refractivity (Wildman–Crippen MR) is 106 cm³/mol. The Labute approximate surface area is 156 Å². The van der Waals surface area contributed by atoms with Gasteiger partial charge in [-0.15, -0.1) is 0 Å². The molecule has 0 saturated carbocycles. The molecule has 26 heavy (non-hydrogen) atoms. The largest absolute Gasteiger partial charge is 0.370 e. The summed E-state index contributed by atoms with van der Waals surface area (Å²) >= 11 is 0. The lowest BCUT2D eigenvalue weighted by atomic mass is 10.1. The van der Waals surface area contributed by atoms with Crippen LogP contribution in [0.1, 0.15) is 32.6 Å². The van der Waals surface area contributed by atoms with E-state index >= 15 is 0 Å². The summed E-state index contributed by atoms with van der Waals surface area (Å²) in [5.41, 5.74) is 7.28. The quantitative estimate of drug-likeness (QED) is 0.647. The van der Waals surface area contributed by atoms with Gasteiger partial charge in [-0.3, -0.25) is 4.99 Å².